The maximum Gasteiger partial charge on any atom is 0.139 e. The highest BCUT2D eigenvalue weighted by molar-refractivity contribution is 6.32. The maximum absolute atomic E-state index is 9.99. The lowest BCUT2D eigenvalue weighted by Crippen LogP contribution is -2.34. The summed E-state index contributed by atoms with van der Waals surface area (Å²) >= 11 is 5.96. The first kappa shape index (κ1) is 14.4. The molecule has 2 rings (SSSR count). The van der Waals surface area contributed by atoms with Crippen LogP contribution in [0.1, 0.15) is 12.8 Å². The molecule has 0 saturated carbocycles. The average Bonchev–Trinajstić information content (AvgIpc) is 2.90. The number of aliphatic hydroxyl groups is 1. The van der Waals surface area contributed by atoms with Crippen molar-refractivity contribution in [2.45, 2.75) is 18.9 Å². The summed E-state index contributed by atoms with van der Waals surface area (Å²) in [7, 11) is 1.59. The Morgan fingerprint density at radius 2 is 2.16 bits per heavy atom. The molecule has 1 fully saturated rings. The van der Waals surface area contributed by atoms with Crippen LogP contribution in [-0.2, 0) is 0 Å². The van der Waals surface area contributed by atoms with Gasteiger partial charge in [-0.15, -0.1) is 0 Å². The molecule has 0 spiro atoms. The Bertz CT molecular complexity index is 408. The van der Waals surface area contributed by atoms with Crippen LogP contribution in [0.5, 0.6) is 5.75 Å². The van der Waals surface area contributed by atoms with Crippen molar-refractivity contribution < 1.29 is 9.84 Å². The second-order valence-electron chi connectivity index (χ2n) is 4.89. The van der Waals surface area contributed by atoms with Gasteiger partial charge in [-0.2, -0.15) is 0 Å². The monoisotopic (exact) mass is 284 g/mol. The number of nitrogens with zero attached hydrogens (tertiary/aromatic N) is 1. The first-order valence-corrected chi connectivity index (χ1v) is 7.04. The molecule has 1 atom stereocenters. The third-order valence-electron chi connectivity index (χ3n) is 3.36. The molecule has 1 aromatic rings. The second-order valence-corrected chi connectivity index (χ2v) is 5.30. The van der Waals surface area contributed by atoms with Crippen LogP contribution in [0.2, 0.25) is 5.02 Å². The number of ether oxygens (including phenoxy) is 1. The standard InChI is InChI=1S/C14H21ClN2O2/c1-19-14-8-11(4-5-13(14)15)16-9-12(18)10-17-6-2-3-7-17/h4-5,8,12,16,18H,2-3,6-7,9-10H2,1H3. The van der Waals surface area contributed by atoms with E-state index in [-0.39, 0.29) is 6.10 Å². The van der Waals surface area contributed by atoms with E-state index >= 15 is 0 Å². The zero-order valence-corrected chi connectivity index (χ0v) is 12.0. The quantitative estimate of drug-likeness (QED) is 0.841. The molecule has 2 N–H and O–H groups in total. The Hall–Kier alpha value is -0.970. The summed E-state index contributed by atoms with van der Waals surface area (Å²) in [5.41, 5.74) is 0.904. The molecule has 0 amide bonds. The molecule has 1 heterocycles. The van der Waals surface area contributed by atoms with E-state index in [0.717, 1.165) is 25.3 Å². The zero-order valence-electron chi connectivity index (χ0n) is 11.2. The van der Waals surface area contributed by atoms with E-state index in [9.17, 15) is 5.11 Å². The van der Waals surface area contributed by atoms with Gasteiger partial charge in [-0.3, -0.25) is 0 Å². The van der Waals surface area contributed by atoms with Crippen molar-refractivity contribution >= 4 is 17.3 Å². The molecule has 0 aromatic heterocycles. The number of halogens is 1. The van der Waals surface area contributed by atoms with Gasteiger partial charge >= 0.3 is 0 Å². The van der Waals surface area contributed by atoms with Crippen LogP contribution in [0.4, 0.5) is 5.69 Å². The van der Waals surface area contributed by atoms with Crippen LogP contribution in [0.15, 0.2) is 18.2 Å². The molecule has 1 aliphatic rings. The van der Waals surface area contributed by atoms with Crippen LogP contribution >= 0.6 is 11.6 Å². The number of hydrogen-bond acceptors (Lipinski definition) is 4. The fourth-order valence-electron chi connectivity index (χ4n) is 2.33. The molecule has 1 unspecified atom stereocenters. The van der Waals surface area contributed by atoms with Crippen molar-refractivity contribution in [2.75, 3.05) is 38.6 Å². The van der Waals surface area contributed by atoms with E-state index in [1.807, 2.05) is 12.1 Å². The van der Waals surface area contributed by atoms with Crippen molar-refractivity contribution in [2.24, 2.45) is 0 Å². The van der Waals surface area contributed by atoms with Gasteiger partial charge in [-0.25, -0.2) is 0 Å². The Morgan fingerprint density at radius 3 is 2.84 bits per heavy atom. The molecule has 4 nitrogen and oxygen atoms in total. The van der Waals surface area contributed by atoms with Gasteiger partial charge in [0.15, 0.2) is 0 Å². The van der Waals surface area contributed by atoms with E-state index in [0.29, 0.717) is 17.3 Å². The molecule has 1 aromatic carbocycles. The lowest BCUT2D eigenvalue weighted by Gasteiger charge is -2.20. The van der Waals surface area contributed by atoms with Crippen LogP contribution in [0, 0.1) is 0 Å². The molecule has 0 aliphatic carbocycles. The van der Waals surface area contributed by atoms with Gasteiger partial charge in [0.25, 0.3) is 0 Å². The lowest BCUT2D eigenvalue weighted by molar-refractivity contribution is 0.135. The van der Waals surface area contributed by atoms with Crippen molar-refractivity contribution in [1.29, 1.82) is 0 Å². The van der Waals surface area contributed by atoms with Crippen LogP contribution < -0.4 is 10.1 Å². The molecule has 19 heavy (non-hydrogen) atoms. The molecule has 0 bridgehead atoms. The number of methoxy groups -OCH3 is 1. The molecule has 1 saturated heterocycles. The molecule has 5 heteroatoms. The van der Waals surface area contributed by atoms with Crippen molar-refractivity contribution in [3.8, 4) is 5.75 Å². The summed E-state index contributed by atoms with van der Waals surface area (Å²) in [6, 6.07) is 5.51. The van der Waals surface area contributed by atoms with Crippen LogP contribution in [0.3, 0.4) is 0 Å². The Balaban J connectivity index is 1.80. The third-order valence-corrected chi connectivity index (χ3v) is 3.67. The zero-order chi connectivity index (χ0) is 13.7. The average molecular weight is 285 g/mol. The van der Waals surface area contributed by atoms with Gasteiger partial charge in [0.05, 0.1) is 18.2 Å². The fourth-order valence-corrected chi connectivity index (χ4v) is 2.53. The van der Waals surface area contributed by atoms with Gasteiger partial charge in [-0.1, -0.05) is 11.6 Å². The largest absolute Gasteiger partial charge is 0.495 e. The predicted octanol–water partition coefficient (Wildman–Crippen LogP) is 2.22. The van der Waals surface area contributed by atoms with Gasteiger partial charge in [0, 0.05) is 24.8 Å². The number of β-amino-alcohol motifs (C(OH)–C–C–N with tert-alkyl or cyclic N) is 1. The number of hydrogen-bond donors (Lipinski definition) is 2. The van der Waals surface area contributed by atoms with Gasteiger partial charge < -0.3 is 20.1 Å². The molecule has 106 valence electrons. The van der Waals surface area contributed by atoms with Crippen LogP contribution in [-0.4, -0.2) is 49.4 Å². The molecule has 0 radical (unpaired) electrons. The molecule has 1 aliphatic heterocycles. The summed E-state index contributed by atoms with van der Waals surface area (Å²) in [6.07, 6.45) is 2.13. The van der Waals surface area contributed by atoms with E-state index in [1.165, 1.54) is 12.8 Å². The van der Waals surface area contributed by atoms with E-state index in [4.69, 9.17) is 16.3 Å². The van der Waals surface area contributed by atoms with Gasteiger partial charge in [0.2, 0.25) is 0 Å². The van der Waals surface area contributed by atoms with Crippen LogP contribution in [0.25, 0.3) is 0 Å². The highest BCUT2D eigenvalue weighted by atomic mass is 35.5. The molecular weight excluding hydrogens is 264 g/mol. The lowest BCUT2D eigenvalue weighted by atomic mass is 10.2. The SMILES string of the molecule is COc1cc(NCC(O)CN2CCCC2)ccc1Cl. The smallest absolute Gasteiger partial charge is 0.139 e. The molecular formula is C14H21ClN2O2. The van der Waals surface area contributed by atoms with E-state index in [2.05, 4.69) is 10.2 Å². The number of nitrogens with one attached hydrogen (secondary N) is 1. The van der Waals surface area contributed by atoms with Gasteiger partial charge in [0.1, 0.15) is 5.75 Å². The number of aliphatic hydroxyl groups excluding tert-OH is 1. The van der Waals surface area contributed by atoms with Crippen molar-refractivity contribution in [3.63, 3.8) is 0 Å². The topological polar surface area (TPSA) is 44.7 Å². The van der Waals surface area contributed by atoms with E-state index < -0.39 is 0 Å². The summed E-state index contributed by atoms with van der Waals surface area (Å²) in [5, 5.41) is 13.8. The summed E-state index contributed by atoms with van der Waals surface area (Å²) in [4.78, 5) is 2.30. The first-order chi connectivity index (χ1) is 9.19. The van der Waals surface area contributed by atoms with Gasteiger partial charge in [-0.05, 0) is 38.1 Å². The number of likely N-dealkylation sites (tertiary alicyclic amines) is 1. The third kappa shape index (κ3) is 4.27. The summed E-state index contributed by atoms with van der Waals surface area (Å²) in [6.45, 7) is 3.47. The maximum atomic E-state index is 9.99. The second kappa shape index (κ2) is 6.98. The Kier molecular flexibility index (Phi) is 5.31. The fraction of sp³-hybridized carbons (Fsp3) is 0.571. The first-order valence-electron chi connectivity index (χ1n) is 6.67. The highest BCUT2D eigenvalue weighted by Crippen LogP contribution is 2.27. The number of anilines is 1. The summed E-state index contributed by atoms with van der Waals surface area (Å²) in [5.74, 6) is 0.640. The minimum atomic E-state index is -0.361. The van der Waals surface area contributed by atoms with Crippen molar-refractivity contribution in [3.05, 3.63) is 23.2 Å². The van der Waals surface area contributed by atoms with E-state index in [1.54, 1.807) is 13.2 Å². The minimum Gasteiger partial charge on any atom is -0.495 e. The summed E-state index contributed by atoms with van der Waals surface area (Å²) < 4.78 is 5.16. The number of rotatable bonds is 6. The Labute approximate surface area is 119 Å². The number of benzene rings is 1. The highest BCUT2D eigenvalue weighted by Gasteiger charge is 2.15. The minimum absolute atomic E-state index is 0.361. The predicted molar refractivity (Wildman–Crippen MR) is 78.2 cm³/mol. The normalized spacial score (nSPS) is 17.4. The van der Waals surface area contributed by atoms with Crippen molar-refractivity contribution in [1.82, 2.24) is 4.90 Å². The Morgan fingerprint density at radius 1 is 1.42 bits per heavy atom.